The summed E-state index contributed by atoms with van der Waals surface area (Å²) in [7, 11) is 0. The highest BCUT2D eigenvalue weighted by Gasteiger charge is 2.17. The van der Waals surface area contributed by atoms with Crippen molar-refractivity contribution < 1.29 is 4.52 Å². The van der Waals surface area contributed by atoms with E-state index >= 15 is 0 Å². The van der Waals surface area contributed by atoms with E-state index in [9.17, 15) is 0 Å². The summed E-state index contributed by atoms with van der Waals surface area (Å²) in [6.07, 6.45) is 1.71. The molecule has 0 atom stereocenters. The van der Waals surface area contributed by atoms with Gasteiger partial charge in [-0.1, -0.05) is 41.6 Å². The molecule has 0 aliphatic heterocycles. The van der Waals surface area contributed by atoms with Crippen molar-refractivity contribution in [3.63, 3.8) is 0 Å². The monoisotopic (exact) mass is 237 g/mol. The molecule has 0 fully saturated rings. The lowest BCUT2D eigenvalue weighted by Crippen LogP contribution is -1.89. The third-order valence-corrected chi connectivity index (χ3v) is 2.68. The van der Waals surface area contributed by atoms with Crippen LogP contribution in [0.25, 0.3) is 22.6 Å². The number of nitrogen functional groups attached to an aromatic ring is 1. The summed E-state index contributed by atoms with van der Waals surface area (Å²) in [5, 5.41) is 3.83. The second-order valence-corrected chi connectivity index (χ2v) is 3.85. The van der Waals surface area contributed by atoms with Crippen molar-refractivity contribution in [2.75, 3.05) is 5.73 Å². The molecular formula is C14H11N3O. The maximum Gasteiger partial charge on any atom is 0.195 e. The van der Waals surface area contributed by atoms with Crippen molar-refractivity contribution >= 4 is 5.82 Å². The second-order valence-electron chi connectivity index (χ2n) is 3.85. The Kier molecular flexibility index (Phi) is 2.53. The van der Waals surface area contributed by atoms with E-state index in [0.29, 0.717) is 11.6 Å². The van der Waals surface area contributed by atoms with Crippen LogP contribution in [0.2, 0.25) is 0 Å². The molecule has 4 nitrogen and oxygen atoms in total. The van der Waals surface area contributed by atoms with Crippen molar-refractivity contribution in [2.45, 2.75) is 0 Å². The van der Waals surface area contributed by atoms with Gasteiger partial charge in [-0.05, 0) is 17.7 Å². The summed E-state index contributed by atoms with van der Waals surface area (Å²) < 4.78 is 5.30. The quantitative estimate of drug-likeness (QED) is 0.744. The molecule has 18 heavy (non-hydrogen) atoms. The van der Waals surface area contributed by atoms with E-state index in [1.54, 1.807) is 6.20 Å². The molecule has 0 saturated heterocycles. The van der Waals surface area contributed by atoms with Crippen LogP contribution in [0.15, 0.2) is 59.3 Å². The molecule has 1 aromatic carbocycles. The van der Waals surface area contributed by atoms with Gasteiger partial charge in [-0.2, -0.15) is 0 Å². The molecule has 3 aromatic rings. The molecule has 0 aliphatic carbocycles. The number of hydrogen-bond acceptors (Lipinski definition) is 4. The Morgan fingerprint density at radius 3 is 2.44 bits per heavy atom. The first kappa shape index (κ1) is 10.5. The summed E-state index contributed by atoms with van der Waals surface area (Å²) in [5.74, 6) is 0.973. The van der Waals surface area contributed by atoms with Crippen molar-refractivity contribution in [2.24, 2.45) is 0 Å². The van der Waals surface area contributed by atoms with Crippen molar-refractivity contribution in [3.05, 3.63) is 54.7 Å². The fraction of sp³-hybridized carbons (Fsp3) is 0. The van der Waals surface area contributed by atoms with Gasteiger partial charge in [0.1, 0.15) is 5.69 Å². The Bertz CT molecular complexity index is 647. The summed E-state index contributed by atoms with van der Waals surface area (Å²) in [5.41, 5.74) is 8.36. The third-order valence-electron chi connectivity index (χ3n) is 2.68. The number of pyridine rings is 1. The van der Waals surface area contributed by atoms with Gasteiger partial charge in [0.2, 0.25) is 0 Å². The van der Waals surface area contributed by atoms with Gasteiger partial charge in [-0.25, -0.2) is 0 Å². The SMILES string of the molecule is Nc1noc(-c2ccccn2)c1-c1ccccc1. The number of anilines is 1. The van der Waals surface area contributed by atoms with Crippen LogP contribution >= 0.6 is 0 Å². The first-order valence-corrected chi connectivity index (χ1v) is 5.58. The summed E-state index contributed by atoms with van der Waals surface area (Å²) >= 11 is 0. The first-order chi connectivity index (χ1) is 8.86. The largest absolute Gasteiger partial charge is 0.380 e. The highest BCUT2D eigenvalue weighted by Crippen LogP contribution is 2.35. The molecule has 0 saturated carbocycles. The molecule has 0 amide bonds. The fourth-order valence-corrected chi connectivity index (χ4v) is 1.86. The van der Waals surface area contributed by atoms with Gasteiger partial charge in [-0.15, -0.1) is 0 Å². The lowest BCUT2D eigenvalue weighted by atomic mass is 10.0. The predicted octanol–water partition coefficient (Wildman–Crippen LogP) is 2.99. The van der Waals surface area contributed by atoms with Crippen LogP contribution in [-0.2, 0) is 0 Å². The highest BCUT2D eigenvalue weighted by atomic mass is 16.5. The smallest absolute Gasteiger partial charge is 0.195 e. The van der Waals surface area contributed by atoms with Crippen molar-refractivity contribution in [1.29, 1.82) is 0 Å². The van der Waals surface area contributed by atoms with E-state index in [4.69, 9.17) is 10.3 Å². The Labute approximate surface area is 104 Å². The predicted molar refractivity (Wildman–Crippen MR) is 69.6 cm³/mol. The molecular weight excluding hydrogens is 226 g/mol. The highest BCUT2D eigenvalue weighted by molar-refractivity contribution is 5.85. The van der Waals surface area contributed by atoms with Crippen LogP contribution in [0.3, 0.4) is 0 Å². The summed E-state index contributed by atoms with van der Waals surface area (Å²) in [6, 6.07) is 15.4. The zero-order chi connectivity index (χ0) is 12.4. The minimum Gasteiger partial charge on any atom is -0.380 e. The zero-order valence-electron chi connectivity index (χ0n) is 9.58. The van der Waals surface area contributed by atoms with Gasteiger partial charge < -0.3 is 10.3 Å². The van der Waals surface area contributed by atoms with E-state index in [1.807, 2.05) is 48.5 Å². The van der Waals surface area contributed by atoms with E-state index in [2.05, 4.69) is 10.1 Å². The van der Waals surface area contributed by atoms with Crippen LogP contribution in [0.4, 0.5) is 5.82 Å². The van der Waals surface area contributed by atoms with Crippen molar-refractivity contribution in [1.82, 2.24) is 10.1 Å². The lowest BCUT2D eigenvalue weighted by Gasteiger charge is -2.01. The zero-order valence-corrected chi connectivity index (χ0v) is 9.58. The van der Waals surface area contributed by atoms with Gasteiger partial charge in [0.25, 0.3) is 0 Å². The van der Waals surface area contributed by atoms with E-state index in [0.717, 1.165) is 16.8 Å². The number of nitrogens with zero attached hydrogens (tertiary/aromatic N) is 2. The number of aromatic nitrogens is 2. The van der Waals surface area contributed by atoms with E-state index < -0.39 is 0 Å². The van der Waals surface area contributed by atoms with E-state index in [1.165, 1.54) is 0 Å². The van der Waals surface area contributed by atoms with Crippen LogP contribution in [0.5, 0.6) is 0 Å². The maximum atomic E-state index is 5.88. The molecule has 2 aromatic heterocycles. The number of hydrogen-bond donors (Lipinski definition) is 1. The lowest BCUT2D eigenvalue weighted by molar-refractivity contribution is 0.435. The minimum absolute atomic E-state index is 0.377. The minimum atomic E-state index is 0.377. The molecule has 0 aliphatic rings. The van der Waals surface area contributed by atoms with Gasteiger partial charge in [0.15, 0.2) is 11.6 Å². The number of rotatable bonds is 2. The van der Waals surface area contributed by atoms with Crippen LogP contribution in [-0.4, -0.2) is 10.1 Å². The van der Waals surface area contributed by atoms with Gasteiger partial charge in [-0.3, -0.25) is 4.98 Å². The molecule has 0 unspecified atom stereocenters. The molecule has 3 rings (SSSR count). The van der Waals surface area contributed by atoms with Crippen molar-refractivity contribution in [3.8, 4) is 22.6 Å². The Morgan fingerprint density at radius 2 is 1.72 bits per heavy atom. The molecule has 2 N–H and O–H groups in total. The Morgan fingerprint density at radius 1 is 0.944 bits per heavy atom. The van der Waals surface area contributed by atoms with Gasteiger partial charge >= 0.3 is 0 Å². The summed E-state index contributed by atoms with van der Waals surface area (Å²) in [6.45, 7) is 0. The third kappa shape index (κ3) is 1.73. The van der Waals surface area contributed by atoms with Gasteiger partial charge in [0.05, 0.1) is 5.56 Å². The average Bonchev–Trinajstić information content (AvgIpc) is 2.83. The van der Waals surface area contributed by atoms with Gasteiger partial charge in [0, 0.05) is 6.20 Å². The number of nitrogens with two attached hydrogens (primary N) is 1. The molecule has 0 bridgehead atoms. The Hall–Kier alpha value is -2.62. The topological polar surface area (TPSA) is 64.9 Å². The molecule has 88 valence electrons. The van der Waals surface area contributed by atoms with E-state index in [-0.39, 0.29) is 0 Å². The standard InChI is InChI=1S/C14H11N3O/c15-14-12(10-6-2-1-3-7-10)13(18-17-14)11-8-4-5-9-16-11/h1-9H,(H2,15,17). The molecule has 4 heteroatoms. The summed E-state index contributed by atoms with van der Waals surface area (Å²) in [4.78, 5) is 4.26. The maximum absolute atomic E-state index is 5.88. The normalized spacial score (nSPS) is 10.4. The van der Waals surface area contributed by atoms with Crippen LogP contribution < -0.4 is 5.73 Å². The molecule has 0 radical (unpaired) electrons. The number of benzene rings is 1. The fourth-order valence-electron chi connectivity index (χ4n) is 1.86. The Balaban J connectivity index is 2.19. The second kappa shape index (κ2) is 4.33. The average molecular weight is 237 g/mol. The van der Waals surface area contributed by atoms with Crippen LogP contribution in [0.1, 0.15) is 0 Å². The first-order valence-electron chi connectivity index (χ1n) is 5.58. The van der Waals surface area contributed by atoms with Crippen LogP contribution in [0, 0.1) is 0 Å². The molecule has 0 spiro atoms. The molecule has 2 heterocycles.